The highest BCUT2D eigenvalue weighted by Crippen LogP contribution is 2.37. The number of halogens is 1. The second kappa shape index (κ2) is 4.02. The Hall–Kier alpha value is -0.580. The highest BCUT2D eigenvalue weighted by atomic mass is 35.5. The van der Waals surface area contributed by atoms with Gasteiger partial charge in [0.2, 0.25) is 0 Å². The summed E-state index contributed by atoms with van der Waals surface area (Å²) in [5.41, 5.74) is 6.41. The molecule has 0 radical (unpaired) electrons. The van der Waals surface area contributed by atoms with E-state index in [2.05, 4.69) is 0 Å². The number of rotatable bonds is 2. The number of fused-ring (bicyclic) bond motifs is 1. The highest BCUT2D eigenvalue weighted by Gasteiger charge is 2.38. The summed E-state index contributed by atoms with van der Waals surface area (Å²) >= 11 is 6.00. The first-order valence-electron chi connectivity index (χ1n) is 5.20. The van der Waals surface area contributed by atoms with E-state index in [9.17, 15) is 8.42 Å². The fraction of sp³-hybridized carbons (Fsp3) is 0.455. The van der Waals surface area contributed by atoms with Crippen LogP contribution < -0.4 is 5.73 Å². The topological polar surface area (TPSA) is 60.2 Å². The molecule has 2 unspecified atom stereocenters. The maximum atomic E-state index is 12.2. The SMILES string of the molecule is CC(N)CC1Cc2c(Cl)cccc2S1(=O)=O. The van der Waals surface area contributed by atoms with Crippen molar-refractivity contribution in [3.63, 3.8) is 0 Å². The lowest BCUT2D eigenvalue weighted by molar-refractivity contribution is 0.563. The summed E-state index contributed by atoms with van der Waals surface area (Å²) in [6, 6.07) is 4.90. The fourth-order valence-electron chi connectivity index (χ4n) is 2.15. The molecule has 0 saturated heterocycles. The van der Waals surface area contributed by atoms with E-state index in [0.717, 1.165) is 5.56 Å². The summed E-state index contributed by atoms with van der Waals surface area (Å²) in [5.74, 6) is 0. The molecule has 0 spiro atoms. The van der Waals surface area contributed by atoms with Crippen LogP contribution in [0.3, 0.4) is 0 Å². The summed E-state index contributed by atoms with van der Waals surface area (Å²) in [6.07, 6.45) is 0.965. The maximum absolute atomic E-state index is 12.2. The van der Waals surface area contributed by atoms with Crippen LogP contribution in [-0.2, 0) is 16.3 Å². The molecule has 0 amide bonds. The summed E-state index contributed by atoms with van der Waals surface area (Å²) in [7, 11) is -3.23. The number of hydrogen-bond donors (Lipinski definition) is 1. The number of hydrogen-bond acceptors (Lipinski definition) is 3. The molecule has 3 nitrogen and oxygen atoms in total. The Morgan fingerprint density at radius 3 is 2.81 bits per heavy atom. The summed E-state index contributed by atoms with van der Waals surface area (Å²) in [6.45, 7) is 1.82. The molecule has 5 heteroatoms. The molecule has 0 bridgehead atoms. The Morgan fingerprint density at radius 2 is 2.25 bits per heavy atom. The monoisotopic (exact) mass is 259 g/mol. The molecule has 1 heterocycles. The van der Waals surface area contributed by atoms with Crippen LogP contribution in [0.2, 0.25) is 5.02 Å². The zero-order valence-electron chi connectivity index (χ0n) is 8.98. The maximum Gasteiger partial charge on any atom is 0.181 e. The minimum Gasteiger partial charge on any atom is -0.328 e. The molecule has 0 fully saturated rings. The molecule has 2 N–H and O–H groups in total. The molecule has 2 atom stereocenters. The molecule has 1 aromatic carbocycles. The zero-order chi connectivity index (χ0) is 11.9. The standard InChI is InChI=1S/C11H14ClNO2S/c1-7(13)5-8-6-9-10(12)3-2-4-11(9)16(8,14)15/h2-4,7-8H,5-6,13H2,1H3. The van der Waals surface area contributed by atoms with Crippen LogP contribution in [0.5, 0.6) is 0 Å². The minimum absolute atomic E-state index is 0.118. The lowest BCUT2D eigenvalue weighted by Gasteiger charge is -2.11. The Morgan fingerprint density at radius 1 is 1.56 bits per heavy atom. The van der Waals surface area contributed by atoms with Gasteiger partial charge in [-0.25, -0.2) is 8.42 Å². The smallest absolute Gasteiger partial charge is 0.181 e. The van der Waals surface area contributed by atoms with Crippen molar-refractivity contribution >= 4 is 21.4 Å². The second-order valence-corrected chi connectivity index (χ2v) is 6.90. The molecule has 0 aromatic heterocycles. The lowest BCUT2D eigenvalue weighted by atomic mass is 10.1. The van der Waals surface area contributed by atoms with E-state index in [1.165, 1.54) is 0 Å². The van der Waals surface area contributed by atoms with Crippen LogP contribution in [0.25, 0.3) is 0 Å². The summed E-state index contributed by atoms with van der Waals surface area (Å²) in [5, 5.41) is 0.121. The van der Waals surface area contributed by atoms with Crippen molar-refractivity contribution in [2.45, 2.75) is 36.0 Å². The number of nitrogens with two attached hydrogens (primary N) is 1. The first kappa shape index (κ1) is 11.9. The minimum atomic E-state index is -3.23. The van der Waals surface area contributed by atoms with Crippen molar-refractivity contribution in [3.8, 4) is 0 Å². The quantitative estimate of drug-likeness (QED) is 0.881. The van der Waals surface area contributed by atoms with E-state index >= 15 is 0 Å². The molecule has 0 saturated carbocycles. The fourth-order valence-corrected chi connectivity index (χ4v) is 4.56. The van der Waals surface area contributed by atoms with Gasteiger partial charge in [-0.1, -0.05) is 17.7 Å². The Bertz CT molecular complexity index is 511. The first-order valence-corrected chi connectivity index (χ1v) is 7.12. The Balaban J connectivity index is 2.46. The summed E-state index contributed by atoms with van der Waals surface area (Å²) < 4.78 is 24.3. The molecule has 88 valence electrons. The molecular formula is C11H14ClNO2S. The Kier molecular flexibility index (Phi) is 2.99. The van der Waals surface area contributed by atoms with Gasteiger partial charge in [0.05, 0.1) is 10.1 Å². The van der Waals surface area contributed by atoms with Gasteiger partial charge in [-0.05, 0) is 37.5 Å². The first-order chi connectivity index (χ1) is 7.43. The van der Waals surface area contributed by atoms with Gasteiger partial charge in [-0.15, -0.1) is 0 Å². The molecule has 1 aliphatic heterocycles. The van der Waals surface area contributed by atoms with Gasteiger partial charge in [0, 0.05) is 11.1 Å². The highest BCUT2D eigenvalue weighted by molar-refractivity contribution is 7.92. The summed E-state index contributed by atoms with van der Waals surface area (Å²) in [4.78, 5) is 0.380. The van der Waals surface area contributed by atoms with Crippen LogP contribution in [0, 0.1) is 0 Å². The Labute approximate surface area is 101 Å². The van der Waals surface area contributed by atoms with Crippen molar-refractivity contribution in [1.29, 1.82) is 0 Å². The van der Waals surface area contributed by atoms with Gasteiger partial charge in [-0.3, -0.25) is 0 Å². The number of benzene rings is 1. The van der Waals surface area contributed by atoms with Gasteiger partial charge in [0.15, 0.2) is 9.84 Å². The second-order valence-electron chi connectivity index (χ2n) is 4.30. The van der Waals surface area contributed by atoms with Crippen molar-refractivity contribution in [3.05, 3.63) is 28.8 Å². The molecule has 1 aromatic rings. The van der Waals surface area contributed by atoms with E-state index < -0.39 is 15.1 Å². The normalized spacial score (nSPS) is 24.1. The number of sulfone groups is 1. The van der Waals surface area contributed by atoms with Crippen molar-refractivity contribution in [2.75, 3.05) is 0 Å². The van der Waals surface area contributed by atoms with Crippen molar-refractivity contribution in [1.82, 2.24) is 0 Å². The zero-order valence-corrected chi connectivity index (χ0v) is 10.6. The third-order valence-corrected chi connectivity index (χ3v) is 5.47. The van der Waals surface area contributed by atoms with E-state index in [-0.39, 0.29) is 6.04 Å². The molecule has 2 rings (SSSR count). The third kappa shape index (κ3) is 1.85. The predicted molar refractivity (Wildman–Crippen MR) is 64.4 cm³/mol. The molecular weight excluding hydrogens is 246 g/mol. The average molecular weight is 260 g/mol. The molecule has 16 heavy (non-hydrogen) atoms. The van der Waals surface area contributed by atoms with E-state index in [1.807, 2.05) is 6.92 Å². The predicted octanol–water partition coefficient (Wildman–Crippen LogP) is 1.78. The largest absolute Gasteiger partial charge is 0.328 e. The third-order valence-electron chi connectivity index (χ3n) is 2.89. The van der Waals surface area contributed by atoms with Crippen molar-refractivity contribution < 1.29 is 8.42 Å². The van der Waals surface area contributed by atoms with Crippen LogP contribution in [0.1, 0.15) is 18.9 Å². The van der Waals surface area contributed by atoms with Gasteiger partial charge in [-0.2, -0.15) is 0 Å². The lowest BCUT2D eigenvalue weighted by Crippen LogP contribution is -2.27. The van der Waals surface area contributed by atoms with E-state index in [1.54, 1.807) is 18.2 Å². The van der Waals surface area contributed by atoms with Crippen LogP contribution in [0.4, 0.5) is 0 Å². The van der Waals surface area contributed by atoms with Gasteiger partial charge in [0.1, 0.15) is 0 Å². The molecule has 0 aliphatic carbocycles. The van der Waals surface area contributed by atoms with Crippen LogP contribution >= 0.6 is 11.6 Å². The average Bonchev–Trinajstić information content (AvgIpc) is 2.41. The van der Waals surface area contributed by atoms with E-state index in [0.29, 0.717) is 22.8 Å². The molecule has 1 aliphatic rings. The van der Waals surface area contributed by atoms with Crippen LogP contribution in [0.15, 0.2) is 23.1 Å². The van der Waals surface area contributed by atoms with E-state index in [4.69, 9.17) is 17.3 Å². The van der Waals surface area contributed by atoms with Gasteiger partial charge >= 0.3 is 0 Å². The van der Waals surface area contributed by atoms with Gasteiger partial charge < -0.3 is 5.73 Å². The van der Waals surface area contributed by atoms with Gasteiger partial charge in [0.25, 0.3) is 0 Å². The van der Waals surface area contributed by atoms with Crippen molar-refractivity contribution in [2.24, 2.45) is 5.73 Å². The van der Waals surface area contributed by atoms with Crippen LogP contribution in [-0.4, -0.2) is 19.7 Å².